The summed E-state index contributed by atoms with van der Waals surface area (Å²) >= 11 is 0. The molecule has 0 aliphatic rings. The number of hydrogen-bond acceptors (Lipinski definition) is 1. The highest BCUT2D eigenvalue weighted by Crippen LogP contribution is 2.22. The van der Waals surface area contributed by atoms with Gasteiger partial charge in [0.25, 0.3) is 0 Å². The summed E-state index contributed by atoms with van der Waals surface area (Å²) in [5.41, 5.74) is 1.36. The van der Waals surface area contributed by atoms with E-state index in [9.17, 15) is 0 Å². The van der Waals surface area contributed by atoms with Gasteiger partial charge < -0.3 is 4.74 Å². The van der Waals surface area contributed by atoms with E-state index in [0.29, 0.717) is 5.92 Å². The highest BCUT2D eigenvalue weighted by atomic mass is 16.5. The van der Waals surface area contributed by atoms with Crippen LogP contribution in [0.4, 0.5) is 0 Å². The zero-order chi connectivity index (χ0) is 10.6. The summed E-state index contributed by atoms with van der Waals surface area (Å²) in [7, 11) is 0. The molecule has 1 aromatic rings. The Balaban J connectivity index is 2.73. The molecule has 76 valence electrons. The Morgan fingerprint density at radius 2 is 1.93 bits per heavy atom. The molecule has 0 aromatic heterocycles. The summed E-state index contributed by atoms with van der Waals surface area (Å²) in [6.07, 6.45) is 1.17. The molecule has 0 bridgehead atoms. The monoisotopic (exact) mass is 190 g/mol. The second kappa shape index (κ2) is 4.85. The smallest absolute Gasteiger partial charge is 0.126 e. The van der Waals surface area contributed by atoms with Gasteiger partial charge in [0.15, 0.2) is 0 Å². The highest BCUT2D eigenvalue weighted by Gasteiger charge is 2.02. The minimum absolute atomic E-state index is 0.619. The average Bonchev–Trinajstić information content (AvgIpc) is 2.17. The molecule has 0 aliphatic carbocycles. The molecule has 14 heavy (non-hydrogen) atoms. The molecular weight excluding hydrogens is 172 g/mol. The van der Waals surface area contributed by atoms with E-state index in [0.717, 1.165) is 11.5 Å². The van der Waals surface area contributed by atoms with Crippen LogP contribution in [0.2, 0.25) is 0 Å². The molecule has 1 atom stereocenters. The van der Waals surface area contributed by atoms with E-state index in [2.05, 4.69) is 32.6 Å². The van der Waals surface area contributed by atoms with Gasteiger partial charge in [-0.25, -0.2) is 0 Å². The summed E-state index contributed by atoms with van der Waals surface area (Å²) in [5, 5.41) is 0. The highest BCUT2D eigenvalue weighted by molar-refractivity contribution is 5.30. The Bertz CT molecular complexity index is 298. The average molecular weight is 190 g/mol. The Morgan fingerprint density at radius 3 is 2.36 bits per heavy atom. The fourth-order valence-corrected chi connectivity index (χ4v) is 1.30. The zero-order valence-corrected chi connectivity index (χ0v) is 9.21. The standard InChI is InChI=1S/C13H18O/c1-5-11(4)12-6-8-13(9-7-12)14-10(2)3/h6-9,11H,2,5H2,1,3-4H3. The molecule has 0 spiro atoms. The Hall–Kier alpha value is -1.24. The van der Waals surface area contributed by atoms with Crippen LogP contribution in [-0.2, 0) is 0 Å². The normalized spacial score (nSPS) is 12.2. The van der Waals surface area contributed by atoms with Gasteiger partial charge in [0.05, 0.1) is 5.76 Å². The fraction of sp³-hybridized carbons (Fsp3) is 0.385. The first-order valence-corrected chi connectivity index (χ1v) is 5.06. The topological polar surface area (TPSA) is 9.23 Å². The van der Waals surface area contributed by atoms with E-state index < -0.39 is 0 Å². The van der Waals surface area contributed by atoms with Crippen molar-refractivity contribution < 1.29 is 4.74 Å². The van der Waals surface area contributed by atoms with Crippen LogP contribution in [-0.4, -0.2) is 0 Å². The second-order valence-electron chi connectivity index (χ2n) is 3.68. The maximum atomic E-state index is 5.39. The quantitative estimate of drug-likeness (QED) is 0.649. The van der Waals surface area contributed by atoms with Gasteiger partial charge in [-0.05, 0) is 37.0 Å². The van der Waals surface area contributed by atoms with Crippen LogP contribution in [0.3, 0.4) is 0 Å². The van der Waals surface area contributed by atoms with Crippen molar-refractivity contribution in [3.63, 3.8) is 0 Å². The molecule has 0 aliphatic heterocycles. The maximum absolute atomic E-state index is 5.39. The first kappa shape index (κ1) is 10.8. The molecule has 0 heterocycles. The van der Waals surface area contributed by atoms with Gasteiger partial charge in [0.2, 0.25) is 0 Å². The van der Waals surface area contributed by atoms with E-state index in [1.807, 2.05) is 19.1 Å². The van der Waals surface area contributed by atoms with Gasteiger partial charge in [-0.15, -0.1) is 0 Å². The molecule has 1 heteroatoms. The van der Waals surface area contributed by atoms with E-state index in [4.69, 9.17) is 4.74 Å². The van der Waals surface area contributed by atoms with Crippen LogP contribution < -0.4 is 4.74 Å². The predicted octanol–water partition coefficient (Wildman–Crippen LogP) is 4.11. The van der Waals surface area contributed by atoms with Crippen molar-refractivity contribution in [2.75, 3.05) is 0 Å². The number of benzene rings is 1. The molecule has 1 unspecified atom stereocenters. The van der Waals surface area contributed by atoms with Crippen LogP contribution in [0, 0.1) is 0 Å². The maximum Gasteiger partial charge on any atom is 0.126 e. The lowest BCUT2D eigenvalue weighted by molar-refractivity contribution is 0.430. The molecule has 0 saturated heterocycles. The molecule has 0 radical (unpaired) electrons. The van der Waals surface area contributed by atoms with Crippen LogP contribution in [0.15, 0.2) is 36.6 Å². The minimum Gasteiger partial charge on any atom is -0.463 e. The SMILES string of the molecule is C=C(C)Oc1ccc(C(C)CC)cc1. The van der Waals surface area contributed by atoms with E-state index in [1.165, 1.54) is 12.0 Å². The van der Waals surface area contributed by atoms with Crippen LogP contribution in [0.5, 0.6) is 5.75 Å². The first-order valence-electron chi connectivity index (χ1n) is 5.06. The van der Waals surface area contributed by atoms with Gasteiger partial charge in [-0.1, -0.05) is 32.6 Å². The third kappa shape index (κ3) is 2.91. The summed E-state index contributed by atoms with van der Waals surface area (Å²) in [6, 6.07) is 8.23. The number of allylic oxidation sites excluding steroid dienone is 1. The van der Waals surface area contributed by atoms with Crippen LogP contribution >= 0.6 is 0 Å². The lowest BCUT2D eigenvalue weighted by atomic mass is 9.99. The van der Waals surface area contributed by atoms with Crippen LogP contribution in [0.25, 0.3) is 0 Å². The van der Waals surface area contributed by atoms with Crippen molar-refractivity contribution in [1.82, 2.24) is 0 Å². The van der Waals surface area contributed by atoms with Gasteiger partial charge in [0.1, 0.15) is 5.75 Å². The van der Waals surface area contributed by atoms with E-state index >= 15 is 0 Å². The minimum atomic E-state index is 0.619. The van der Waals surface area contributed by atoms with Crippen molar-refractivity contribution in [3.05, 3.63) is 42.2 Å². The lowest BCUT2D eigenvalue weighted by Gasteiger charge is -2.10. The molecule has 0 amide bonds. The molecule has 1 rings (SSSR count). The second-order valence-corrected chi connectivity index (χ2v) is 3.68. The molecule has 1 nitrogen and oxygen atoms in total. The molecular formula is C13H18O. The fourth-order valence-electron chi connectivity index (χ4n) is 1.30. The van der Waals surface area contributed by atoms with Crippen LogP contribution in [0.1, 0.15) is 38.7 Å². The van der Waals surface area contributed by atoms with Crippen molar-refractivity contribution in [2.45, 2.75) is 33.1 Å². The first-order chi connectivity index (χ1) is 6.63. The largest absolute Gasteiger partial charge is 0.463 e. The van der Waals surface area contributed by atoms with Crippen molar-refractivity contribution >= 4 is 0 Å². The summed E-state index contributed by atoms with van der Waals surface area (Å²) in [4.78, 5) is 0. The number of rotatable bonds is 4. The Kier molecular flexibility index (Phi) is 3.75. The molecule has 0 N–H and O–H groups in total. The van der Waals surface area contributed by atoms with Crippen molar-refractivity contribution in [3.8, 4) is 5.75 Å². The van der Waals surface area contributed by atoms with Crippen molar-refractivity contribution in [2.24, 2.45) is 0 Å². The Morgan fingerprint density at radius 1 is 1.36 bits per heavy atom. The molecule has 0 fully saturated rings. The number of ether oxygens (including phenoxy) is 1. The Labute approximate surface area is 86.4 Å². The summed E-state index contributed by atoms with van der Waals surface area (Å²) in [6.45, 7) is 9.98. The molecule has 0 saturated carbocycles. The van der Waals surface area contributed by atoms with E-state index in [1.54, 1.807) is 0 Å². The van der Waals surface area contributed by atoms with Gasteiger partial charge >= 0.3 is 0 Å². The van der Waals surface area contributed by atoms with Gasteiger partial charge in [-0.2, -0.15) is 0 Å². The number of hydrogen-bond donors (Lipinski definition) is 0. The van der Waals surface area contributed by atoms with Gasteiger partial charge in [-0.3, -0.25) is 0 Å². The van der Waals surface area contributed by atoms with Crippen molar-refractivity contribution in [1.29, 1.82) is 0 Å². The molecule has 1 aromatic carbocycles. The zero-order valence-electron chi connectivity index (χ0n) is 9.21. The predicted molar refractivity (Wildman–Crippen MR) is 60.6 cm³/mol. The van der Waals surface area contributed by atoms with E-state index in [-0.39, 0.29) is 0 Å². The summed E-state index contributed by atoms with van der Waals surface area (Å²) in [5.74, 6) is 2.21. The van der Waals surface area contributed by atoms with Gasteiger partial charge in [0, 0.05) is 0 Å². The third-order valence-corrected chi connectivity index (χ3v) is 2.35. The lowest BCUT2D eigenvalue weighted by Crippen LogP contribution is -1.92. The summed E-state index contributed by atoms with van der Waals surface area (Å²) < 4.78 is 5.39. The third-order valence-electron chi connectivity index (χ3n) is 2.35.